The van der Waals surface area contributed by atoms with Crippen LogP contribution in [0.25, 0.3) is 28.3 Å². The molecule has 6 heterocycles. The fraction of sp³-hybridized carbons (Fsp3) is 0.345. The van der Waals surface area contributed by atoms with Crippen molar-refractivity contribution in [2.24, 2.45) is 0 Å². The number of carbonyl (C=O) groups is 2. The lowest BCUT2D eigenvalue weighted by Crippen LogP contribution is -2.42. The van der Waals surface area contributed by atoms with Crippen LogP contribution in [0.1, 0.15) is 126 Å². The van der Waals surface area contributed by atoms with E-state index in [2.05, 4.69) is 78.5 Å². The molecule has 13 nitrogen and oxygen atoms in total. The van der Waals surface area contributed by atoms with Crippen LogP contribution in [0, 0.1) is 5.95 Å². The van der Waals surface area contributed by atoms with E-state index in [1.165, 1.54) is 12.8 Å². The number of hydrogen-bond acceptors (Lipinski definition) is 11. The van der Waals surface area contributed by atoms with E-state index >= 15 is 0 Å². The molecule has 370 valence electrons. The first-order chi connectivity index (χ1) is 34.9. The van der Waals surface area contributed by atoms with Gasteiger partial charge in [-0.1, -0.05) is 91.0 Å². The number of halogens is 1. The summed E-state index contributed by atoms with van der Waals surface area (Å²) in [6.45, 7) is 7.93. The van der Waals surface area contributed by atoms with Crippen LogP contribution < -0.4 is 5.73 Å². The summed E-state index contributed by atoms with van der Waals surface area (Å²) in [6.07, 6.45) is 28.6. The summed E-state index contributed by atoms with van der Waals surface area (Å²) >= 11 is 0. The van der Waals surface area contributed by atoms with Gasteiger partial charge < -0.3 is 15.2 Å². The van der Waals surface area contributed by atoms with Gasteiger partial charge in [-0.2, -0.15) is 4.39 Å². The quantitative estimate of drug-likeness (QED) is 0.144. The van der Waals surface area contributed by atoms with Crippen LogP contribution in [0.3, 0.4) is 0 Å². The lowest BCUT2D eigenvalue weighted by Gasteiger charge is -2.38. The van der Waals surface area contributed by atoms with Crippen LogP contribution in [-0.2, 0) is 9.47 Å². The molecule has 3 fully saturated rings. The second-order valence-electron chi connectivity index (χ2n) is 19.9. The molecule has 5 aliphatic rings. The zero-order chi connectivity index (χ0) is 50.2. The van der Waals surface area contributed by atoms with E-state index in [-0.39, 0.29) is 41.9 Å². The number of anilines is 1. The number of nitrogen functional groups attached to an aromatic ring is 1. The number of cyclic esters (lactones) is 2. The van der Waals surface area contributed by atoms with Crippen molar-refractivity contribution < 1.29 is 23.5 Å². The van der Waals surface area contributed by atoms with E-state index in [0.717, 1.165) is 71.9 Å². The normalized spacial score (nSPS) is 22.9. The van der Waals surface area contributed by atoms with Gasteiger partial charge in [0.25, 0.3) is 0 Å². The Bertz CT molecular complexity index is 2900. The van der Waals surface area contributed by atoms with Gasteiger partial charge in [0.15, 0.2) is 11.6 Å². The molecule has 11 rings (SSSR count). The fourth-order valence-corrected chi connectivity index (χ4v) is 10.8. The van der Waals surface area contributed by atoms with Crippen molar-refractivity contribution in [3.63, 3.8) is 0 Å². The van der Waals surface area contributed by atoms with E-state index in [0.29, 0.717) is 29.8 Å². The molecular formula is C58H62FN9O4. The van der Waals surface area contributed by atoms with Crippen molar-refractivity contribution in [2.75, 3.05) is 5.73 Å². The molecule has 6 aromatic rings. The van der Waals surface area contributed by atoms with Gasteiger partial charge in [0, 0.05) is 49.3 Å². The number of rotatable bonds is 8. The molecule has 72 heavy (non-hydrogen) atoms. The summed E-state index contributed by atoms with van der Waals surface area (Å²) in [7, 11) is 0. The van der Waals surface area contributed by atoms with Crippen molar-refractivity contribution in [2.45, 2.75) is 127 Å². The second-order valence-corrected chi connectivity index (χ2v) is 19.9. The summed E-state index contributed by atoms with van der Waals surface area (Å²) in [5.74, 6) is 1.11. The highest BCUT2D eigenvalue weighted by molar-refractivity contribution is 5.75. The standard InChI is InChI=1S/C26H25FN4O2.C26H29N5O2.C6H8/c2*1-26(2)22(18-7-4-3-5-8-18)31(25(32)33-26)20-11-9-17(10-12-20)19-15-21(23(27)30-16-19)24-28-13-6-14-29-24;1-2-4-6-5-3-1/h3-9,13-16,20,22H,10-12H2,1-2H3;3-8,13-17,20,22H,9-12H2,1-2H3,(H2,27,30);1-4H,5-6H2. The first kappa shape index (κ1) is 49.4. The van der Waals surface area contributed by atoms with Gasteiger partial charge in [-0.05, 0) is 143 Å². The lowest BCUT2D eigenvalue weighted by atomic mass is 9.80. The lowest BCUT2D eigenvalue weighted by molar-refractivity contribution is 0.0658. The maximum Gasteiger partial charge on any atom is 0.411 e. The number of amides is 2. The number of nitrogens with zero attached hydrogens (tertiary/aromatic N) is 8. The van der Waals surface area contributed by atoms with E-state index in [1.807, 2.05) is 92.2 Å². The third kappa shape index (κ3) is 11.0. The van der Waals surface area contributed by atoms with Crippen LogP contribution in [0.4, 0.5) is 19.8 Å². The summed E-state index contributed by atoms with van der Waals surface area (Å²) in [4.78, 5) is 55.0. The van der Waals surface area contributed by atoms with Gasteiger partial charge in [0.1, 0.15) is 17.0 Å². The summed E-state index contributed by atoms with van der Waals surface area (Å²) < 4.78 is 25.9. The zero-order valence-corrected chi connectivity index (χ0v) is 41.4. The molecule has 4 aromatic heterocycles. The molecule has 2 aromatic carbocycles. The summed E-state index contributed by atoms with van der Waals surface area (Å²) in [6, 6.07) is 27.5. The smallest absolute Gasteiger partial charge is 0.411 e. The molecule has 0 bridgehead atoms. The average Bonchev–Trinajstić information content (AvgIpc) is 3.82. The Morgan fingerprint density at radius 2 is 1.12 bits per heavy atom. The maximum absolute atomic E-state index is 14.3. The highest BCUT2D eigenvalue weighted by atomic mass is 19.1. The maximum atomic E-state index is 14.3. The Labute approximate surface area is 421 Å². The van der Waals surface area contributed by atoms with E-state index in [4.69, 9.17) is 15.2 Å². The minimum atomic E-state index is -0.617. The second kappa shape index (κ2) is 21.8. The van der Waals surface area contributed by atoms with Crippen LogP contribution in [0.15, 0.2) is 152 Å². The number of allylic oxidation sites excluding steroid dienone is 5. The Balaban J connectivity index is 0.000000159. The van der Waals surface area contributed by atoms with Crippen LogP contribution >= 0.6 is 0 Å². The van der Waals surface area contributed by atoms with Crippen molar-refractivity contribution in [3.8, 4) is 22.8 Å². The van der Waals surface area contributed by atoms with Crippen LogP contribution in [-0.4, -0.2) is 75.2 Å². The van der Waals surface area contributed by atoms with Gasteiger partial charge in [-0.25, -0.2) is 39.5 Å². The van der Waals surface area contributed by atoms with Gasteiger partial charge in [-0.15, -0.1) is 0 Å². The highest BCUT2D eigenvalue weighted by Crippen LogP contribution is 2.47. The van der Waals surface area contributed by atoms with Gasteiger partial charge in [-0.3, -0.25) is 9.80 Å². The topological polar surface area (TPSA) is 162 Å². The Hall–Kier alpha value is -7.61. The molecule has 2 saturated heterocycles. The van der Waals surface area contributed by atoms with Crippen molar-refractivity contribution in [1.82, 2.24) is 39.7 Å². The largest absolute Gasteiger partial charge is 0.441 e. The molecular weight excluding hydrogens is 906 g/mol. The predicted molar refractivity (Wildman–Crippen MR) is 276 cm³/mol. The SMILES string of the molecule is C1=CCCC=C1.CC1(C)OC(=O)N(C2CC=C(c3cnc(F)c(-c4ncccn4)c3)CC2)C1c1ccccc1.CC1(C)OC(=O)N(C2CCC(c3cnc(N)c(-c4ncccn4)c3)CC2)C1c1ccccc1. The minimum absolute atomic E-state index is 0.0264. The van der Waals surface area contributed by atoms with Crippen LogP contribution in [0.2, 0.25) is 0 Å². The van der Waals surface area contributed by atoms with Crippen molar-refractivity contribution in [3.05, 3.63) is 181 Å². The predicted octanol–water partition coefficient (Wildman–Crippen LogP) is 12.6. The molecule has 1 saturated carbocycles. The molecule has 3 unspecified atom stereocenters. The van der Waals surface area contributed by atoms with E-state index in [9.17, 15) is 14.0 Å². The molecule has 2 amide bonds. The number of nitrogens with two attached hydrogens (primary N) is 1. The first-order valence-corrected chi connectivity index (χ1v) is 25.0. The third-order valence-electron chi connectivity index (χ3n) is 14.2. The minimum Gasteiger partial charge on any atom is -0.441 e. The monoisotopic (exact) mass is 967 g/mol. The van der Waals surface area contributed by atoms with Crippen molar-refractivity contribution >= 4 is 23.6 Å². The first-order valence-electron chi connectivity index (χ1n) is 25.0. The molecule has 2 aliphatic heterocycles. The van der Waals surface area contributed by atoms with E-state index in [1.54, 1.807) is 49.2 Å². The van der Waals surface area contributed by atoms with Gasteiger partial charge in [0.05, 0.1) is 23.2 Å². The molecule has 0 spiro atoms. The fourth-order valence-electron chi connectivity index (χ4n) is 10.8. The summed E-state index contributed by atoms with van der Waals surface area (Å²) in [5.41, 5.74) is 11.2. The number of benzene rings is 2. The third-order valence-corrected chi connectivity index (χ3v) is 14.2. The molecule has 2 N–H and O–H groups in total. The zero-order valence-electron chi connectivity index (χ0n) is 41.4. The number of pyridine rings is 2. The average molecular weight is 968 g/mol. The Morgan fingerprint density at radius 1 is 0.597 bits per heavy atom. The van der Waals surface area contributed by atoms with Crippen molar-refractivity contribution in [1.29, 1.82) is 0 Å². The van der Waals surface area contributed by atoms with E-state index < -0.39 is 17.1 Å². The summed E-state index contributed by atoms with van der Waals surface area (Å²) in [5, 5.41) is 0. The Morgan fingerprint density at radius 3 is 1.62 bits per heavy atom. The molecule has 3 atom stereocenters. The molecule has 3 aliphatic carbocycles. The number of ether oxygens (including phenoxy) is 2. The highest BCUT2D eigenvalue weighted by Gasteiger charge is 2.52. The Kier molecular flexibility index (Phi) is 14.9. The molecule has 14 heteroatoms. The van der Waals surface area contributed by atoms with Gasteiger partial charge >= 0.3 is 12.2 Å². The van der Waals surface area contributed by atoms with Gasteiger partial charge in [0.2, 0.25) is 5.95 Å². The number of aromatic nitrogens is 6. The molecule has 0 radical (unpaired) electrons. The number of hydrogen-bond donors (Lipinski definition) is 1. The number of carbonyl (C=O) groups excluding carboxylic acids is 2. The van der Waals surface area contributed by atoms with Crippen LogP contribution in [0.5, 0.6) is 0 Å².